The van der Waals surface area contributed by atoms with Crippen LogP contribution in [0, 0.1) is 11.3 Å². The Morgan fingerprint density at radius 1 is 1.23 bits per heavy atom. The predicted octanol–water partition coefficient (Wildman–Crippen LogP) is 3.16. The Labute approximate surface area is 160 Å². The second kappa shape index (κ2) is 5.54. The standard InChI is InChI=1S/C20H22BrFN2O2/c21-16-4-2-1-3-13(16)14-7-15(14)17(25)23-12-5-6-24(8-12)18(26)19-9-20(22,10-19)11-19/h1-4,12,14-15H,5-11H2,(H,23,25)/t12-,14+,15-,19?,20?/m1/s1. The first-order valence-electron chi connectivity index (χ1n) is 9.42. The van der Waals surface area contributed by atoms with Crippen molar-refractivity contribution in [1.29, 1.82) is 0 Å². The molecule has 1 heterocycles. The summed E-state index contributed by atoms with van der Waals surface area (Å²) in [6.07, 6.45) is 2.89. The van der Waals surface area contributed by atoms with Gasteiger partial charge in [0.15, 0.2) is 0 Å². The lowest BCUT2D eigenvalue weighted by Gasteiger charge is -2.64. The van der Waals surface area contributed by atoms with Crippen LogP contribution < -0.4 is 5.32 Å². The van der Waals surface area contributed by atoms with Gasteiger partial charge in [0, 0.05) is 29.5 Å². The van der Waals surface area contributed by atoms with Crippen molar-refractivity contribution in [2.24, 2.45) is 11.3 Å². The molecule has 2 amide bonds. The highest BCUT2D eigenvalue weighted by atomic mass is 79.9. The minimum absolute atomic E-state index is 0.0265. The van der Waals surface area contributed by atoms with Gasteiger partial charge in [-0.25, -0.2) is 4.39 Å². The van der Waals surface area contributed by atoms with Crippen LogP contribution in [0.2, 0.25) is 0 Å². The molecule has 3 atom stereocenters. The molecule has 138 valence electrons. The first-order valence-corrected chi connectivity index (χ1v) is 10.2. The van der Waals surface area contributed by atoms with Gasteiger partial charge in [-0.1, -0.05) is 34.1 Å². The van der Waals surface area contributed by atoms with Crippen LogP contribution in [0.5, 0.6) is 0 Å². The summed E-state index contributed by atoms with van der Waals surface area (Å²) in [7, 11) is 0. The molecule has 1 aromatic carbocycles. The Balaban J connectivity index is 1.14. The number of nitrogens with zero attached hydrogens (tertiary/aromatic N) is 1. The fourth-order valence-electron chi connectivity index (χ4n) is 5.20. The summed E-state index contributed by atoms with van der Waals surface area (Å²) in [6, 6.07) is 8.08. The van der Waals surface area contributed by atoms with Crippen molar-refractivity contribution < 1.29 is 14.0 Å². The lowest BCUT2D eigenvalue weighted by atomic mass is 9.42. The molecule has 5 aliphatic rings. The van der Waals surface area contributed by atoms with Crippen LogP contribution in [0.1, 0.15) is 43.6 Å². The molecule has 4 saturated carbocycles. The third kappa shape index (κ3) is 2.52. The number of carbonyl (C=O) groups excluding carboxylic acids is 2. The molecule has 1 N–H and O–H groups in total. The number of alkyl halides is 1. The monoisotopic (exact) mass is 420 g/mol. The Kier molecular flexibility index (Phi) is 3.56. The van der Waals surface area contributed by atoms with Crippen LogP contribution in [-0.2, 0) is 9.59 Å². The van der Waals surface area contributed by atoms with Crippen LogP contribution in [0.15, 0.2) is 28.7 Å². The fourth-order valence-corrected chi connectivity index (χ4v) is 5.78. The summed E-state index contributed by atoms with van der Waals surface area (Å²) in [6.45, 7) is 1.24. The molecule has 6 rings (SSSR count). The van der Waals surface area contributed by atoms with Crippen LogP contribution in [0.25, 0.3) is 0 Å². The van der Waals surface area contributed by atoms with Gasteiger partial charge >= 0.3 is 0 Å². The average Bonchev–Trinajstić information content (AvgIpc) is 3.22. The zero-order chi connectivity index (χ0) is 18.1. The Bertz CT molecular complexity index is 778. The lowest BCUT2D eigenvalue weighted by Crippen LogP contribution is -2.70. The molecule has 6 heteroatoms. The number of hydrogen-bond acceptors (Lipinski definition) is 2. The molecule has 4 aliphatic carbocycles. The summed E-state index contributed by atoms with van der Waals surface area (Å²) in [5.41, 5.74) is -0.260. The highest BCUT2D eigenvalue weighted by Gasteiger charge is 2.73. The molecule has 0 spiro atoms. The maximum Gasteiger partial charge on any atom is 0.229 e. The van der Waals surface area contributed by atoms with Gasteiger partial charge in [-0.2, -0.15) is 0 Å². The molecule has 1 saturated heterocycles. The summed E-state index contributed by atoms with van der Waals surface area (Å²) >= 11 is 3.56. The molecule has 5 fully saturated rings. The SMILES string of the molecule is O=C(N[C@@H]1CCN(C(=O)C23CC(F)(C2)C3)C1)[C@@H]1C[C@H]1c1ccccc1Br. The van der Waals surface area contributed by atoms with Crippen molar-refractivity contribution in [3.05, 3.63) is 34.3 Å². The van der Waals surface area contributed by atoms with E-state index in [-0.39, 0.29) is 29.7 Å². The molecule has 4 nitrogen and oxygen atoms in total. The van der Waals surface area contributed by atoms with Gasteiger partial charge in [-0.05, 0) is 49.7 Å². The quantitative estimate of drug-likeness (QED) is 0.812. The Morgan fingerprint density at radius 3 is 2.65 bits per heavy atom. The zero-order valence-corrected chi connectivity index (χ0v) is 16.1. The van der Waals surface area contributed by atoms with E-state index in [1.165, 1.54) is 5.56 Å². The number of rotatable bonds is 4. The van der Waals surface area contributed by atoms with E-state index in [0.29, 0.717) is 32.4 Å². The van der Waals surface area contributed by atoms with Crippen LogP contribution >= 0.6 is 15.9 Å². The van der Waals surface area contributed by atoms with Gasteiger partial charge < -0.3 is 10.2 Å². The van der Waals surface area contributed by atoms with Crippen molar-refractivity contribution in [2.75, 3.05) is 13.1 Å². The topological polar surface area (TPSA) is 49.4 Å². The van der Waals surface area contributed by atoms with E-state index in [1.807, 2.05) is 23.1 Å². The first-order chi connectivity index (χ1) is 12.4. The highest BCUT2D eigenvalue weighted by Crippen LogP contribution is 2.70. The van der Waals surface area contributed by atoms with Gasteiger partial charge in [0.1, 0.15) is 5.67 Å². The summed E-state index contributed by atoms with van der Waals surface area (Å²) in [4.78, 5) is 27.0. The summed E-state index contributed by atoms with van der Waals surface area (Å²) in [5, 5.41) is 3.13. The van der Waals surface area contributed by atoms with E-state index in [1.54, 1.807) is 0 Å². The van der Waals surface area contributed by atoms with Crippen molar-refractivity contribution in [1.82, 2.24) is 10.2 Å². The molecular formula is C20H22BrFN2O2. The maximum atomic E-state index is 13.7. The average molecular weight is 421 g/mol. The van der Waals surface area contributed by atoms with Gasteiger partial charge in [0.05, 0.1) is 5.41 Å². The molecule has 0 aromatic heterocycles. The zero-order valence-electron chi connectivity index (χ0n) is 14.5. The van der Waals surface area contributed by atoms with Crippen LogP contribution in [0.4, 0.5) is 4.39 Å². The van der Waals surface area contributed by atoms with E-state index in [2.05, 4.69) is 27.3 Å². The highest BCUT2D eigenvalue weighted by molar-refractivity contribution is 9.10. The van der Waals surface area contributed by atoms with E-state index >= 15 is 0 Å². The molecule has 2 bridgehead atoms. The Hall–Kier alpha value is -1.43. The van der Waals surface area contributed by atoms with E-state index in [0.717, 1.165) is 17.3 Å². The minimum atomic E-state index is -1.05. The van der Waals surface area contributed by atoms with Gasteiger partial charge in [-0.15, -0.1) is 0 Å². The first kappa shape index (κ1) is 16.7. The lowest BCUT2D eigenvalue weighted by molar-refractivity contribution is -0.221. The van der Waals surface area contributed by atoms with E-state index in [9.17, 15) is 14.0 Å². The van der Waals surface area contributed by atoms with Crippen molar-refractivity contribution in [2.45, 2.75) is 49.7 Å². The predicted molar refractivity (Wildman–Crippen MR) is 98.2 cm³/mol. The molecule has 1 aliphatic heterocycles. The largest absolute Gasteiger partial charge is 0.351 e. The Morgan fingerprint density at radius 2 is 1.96 bits per heavy atom. The van der Waals surface area contributed by atoms with Crippen molar-refractivity contribution in [3.63, 3.8) is 0 Å². The van der Waals surface area contributed by atoms with E-state index in [4.69, 9.17) is 0 Å². The van der Waals surface area contributed by atoms with Crippen molar-refractivity contribution >= 4 is 27.7 Å². The number of likely N-dealkylation sites (tertiary alicyclic amines) is 1. The summed E-state index contributed by atoms with van der Waals surface area (Å²) < 4.78 is 14.7. The second-order valence-electron chi connectivity index (χ2n) is 8.68. The third-order valence-electron chi connectivity index (χ3n) is 6.67. The maximum absolute atomic E-state index is 13.7. The minimum Gasteiger partial charge on any atom is -0.351 e. The van der Waals surface area contributed by atoms with Crippen LogP contribution in [-0.4, -0.2) is 41.5 Å². The number of benzene rings is 1. The molecule has 1 aromatic rings. The number of nitrogens with one attached hydrogen (secondary N) is 1. The molecule has 0 radical (unpaired) electrons. The van der Waals surface area contributed by atoms with Crippen LogP contribution in [0.3, 0.4) is 0 Å². The summed E-state index contributed by atoms with van der Waals surface area (Å²) in [5.74, 6) is 0.512. The third-order valence-corrected chi connectivity index (χ3v) is 7.40. The smallest absolute Gasteiger partial charge is 0.229 e. The van der Waals surface area contributed by atoms with Crippen molar-refractivity contribution in [3.8, 4) is 0 Å². The molecular weight excluding hydrogens is 399 g/mol. The van der Waals surface area contributed by atoms with Gasteiger partial charge in [0.2, 0.25) is 11.8 Å². The number of amides is 2. The number of carbonyl (C=O) groups is 2. The normalized spacial score (nSPS) is 39.8. The fraction of sp³-hybridized carbons (Fsp3) is 0.600. The molecule has 0 unspecified atom stereocenters. The van der Waals surface area contributed by atoms with E-state index < -0.39 is 11.1 Å². The number of halogens is 2. The molecule has 26 heavy (non-hydrogen) atoms. The van der Waals surface area contributed by atoms with Gasteiger partial charge in [0.25, 0.3) is 0 Å². The van der Waals surface area contributed by atoms with Gasteiger partial charge in [-0.3, -0.25) is 9.59 Å². The second-order valence-corrected chi connectivity index (χ2v) is 9.53. The number of hydrogen-bond donors (Lipinski definition) is 1.